The normalized spacial score (nSPS) is 10.4. The van der Waals surface area contributed by atoms with Gasteiger partial charge in [-0.15, -0.1) is 0 Å². The van der Waals surface area contributed by atoms with Gasteiger partial charge in [0.2, 0.25) is 0 Å². The lowest BCUT2D eigenvalue weighted by atomic mass is 10.1. The van der Waals surface area contributed by atoms with Crippen LogP contribution in [0.2, 0.25) is 5.02 Å². The number of nitrogens with zero attached hydrogens (tertiary/aromatic N) is 1. The van der Waals surface area contributed by atoms with Gasteiger partial charge in [0, 0.05) is 11.1 Å². The van der Waals surface area contributed by atoms with Crippen molar-refractivity contribution in [3.63, 3.8) is 0 Å². The van der Waals surface area contributed by atoms with Crippen LogP contribution in [-0.4, -0.2) is 33.5 Å². The zero-order valence-electron chi connectivity index (χ0n) is 10.2. The smallest absolute Gasteiger partial charge is 0.258 e. The van der Waals surface area contributed by atoms with Crippen LogP contribution in [0, 0.1) is 0 Å². The molecule has 4 nitrogen and oxygen atoms in total. The molecular formula is C12H15ClN2O2S. The van der Waals surface area contributed by atoms with Gasteiger partial charge in [0.15, 0.2) is 0 Å². The van der Waals surface area contributed by atoms with Crippen LogP contribution in [0.25, 0.3) is 0 Å². The molecule has 0 saturated carbocycles. The fourth-order valence-corrected chi connectivity index (χ4v) is 1.80. The first-order chi connectivity index (χ1) is 8.32. The number of hydrogen-bond donors (Lipinski definition) is 2. The zero-order chi connectivity index (χ0) is 13.9. The Morgan fingerprint density at radius 3 is 2.61 bits per heavy atom. The number of hydrogen-bond acceptors (Lipinski definition) is 3. The number of rotatable bonds is 4. The van der Waals surface area contributed by atoms with E-state index in [1.165, 1.54) is 17.0 Å². The molecule has 1 amide bonds. The highest BCUT2D eigenvalue weighted by Gasteiger charge is 2.22. The summed E-state index contributed by atoms with van der Waals surface area (Å²) < 4.78 is 0. The lowest BCUT2D eigenvalue weighted by Crippen LogP contribution is -2.42. The number of amides is 1. The van der Waals surface area contributed by atoms with Gasteiger partial charge in [0.1, 0.15) is 5.75 Å². The van der Waals surface area contributed by atoms with Crippen LogP contribution in [-0.2, 0) is 0 Å². The number of aromatic hydroxyl groups is 1. The summed E-state index contributed by atoms with van der Waals surface area (Å²) >= 11 is 10.5. The van der Waals surface area contributed by atoms with E-state index in [4.69, 9.17) is 29.6 Å². The molecule has 0 heterocycles. The van der Waals surface area contributed by atoms with Gasteiger partial charge >= 0.3 is 0 Å². The second-order valence-electron chi connectivity index (χ2n) is 4.15. The molecule has 0 saturated heterocycles. The Kier molecular flexibility index (Phi) is 4.93. The molecular weight excluding hydrogens is 272 g/mol. The second kappa shape index (κ2) is 6.02. The van der Waals surface area contributed by atoms with E-state index in [1.54, 1.807) is 6.07 Å². The predicted octanol–water partition coefficient (Wildman–Crippen LogP) is 2.18. The summed E-state index contributed by atoms with van der Waals surface area (Å²) in [4.78, 5) is 14.0. The zero-order valence-corrected chi connectivity index (χ0v) is 11.8. The van der Waals surface area contributed by atoms with Crippen molar-refractivity contribution < 1.29 is 9.90 Å². The lowest BCUT2D eigenvalue weighted by Gasteiger charge is -2.26. The van der Waals surface area contributed by atoms with E-state index in [1.807, 2.05) is 13.8 Å². The number of nitrogens with two attached hydrogens (primary N) is 1. The van der Waals surface area contributed by atoms with Crippen LogP contribution in [0.4, 0.5) is 0 Å². The molecule has 0 radical (unpaired) electrons. The Morgan fingerprint density at radius 2 is 2.17 bits per heavy atom. The van der Waals surface area contributed by atoms with Gasteiger partial charge in [-0.25, -0.2) is 0 Å². The number of carbonyl (C=O) groups is 1. The average Bonchev–Trinajstić information content (AvgIpc) is 2.24. The molecule has 0 aliphatic heterocycles. The monoisotopic (exact) mass is 286 g/mol. The lowest BCUT2D eigenvalue weighted by molar-refractivity contribution is 0.0733. The van der Waals surface area contributed by atoms with Crippen molar-refractivity contribution in [2.75, 3.05) is 6.54 Å². The van der Waals surface area contributed by atoms with Gasteiger partial charge in [0.05, 0.1) is 17.1 Å². The summed E-state index contributed by atoms with van der Waals surface area (Å²) in [5.41, 5.74) is 5.65. The number of carbonyl (C=O) groups excluding carboxylic acids is 1. The Morgan fingerprint density at radius 1 is 1.56 bits per heavy atom. The molecule has 0 aromatic heterocycles. The Labute approximate surface area is 116 Å². The van der Waals surface area contributed by atoms with Crippen molar-refractivity contribution in [2.24, 2.45) is 5.73 Å². The molecule has 1 rings (SSSR count). The third-order valence-electron chi connectivity index (χ3n) is 2.40. The minimum Gasteiger partial charge on any atom is -0.507 e. The van der Waals surface area contributed by atoms with E-state index in [-0.39, 0.29) is 34.8 Å². The quantitative estimate of drug-likeness (QED) is 0.833. The summed E-state index contributed by atoms with van der Waals surface area (Å²) in [5.74, 6) is -0.479. The van der Waals surface area contributed by atoms with E-state index in [9.17, 15) is 9.90 Å². The van der Waals surface area contributed by atoms with Crippen molar-refractivity contribution in [1.82, 2.24) is 4.90 Å². The highest BCUT2D eigenvalue weighted by atomic mass is 35.5. The largest absolute Gasteiger partial charge is 0.507 e. The maximum Gasteiger partial charge on any atom is 0.258 e. The highest BCUT2D eigenvalue weighted by molar-refractivity contribution is 7.80. The molecule has 0 bridgehead atoms. The minimum absolute atomic E-state index is 0.0749. The van der Waals surface area contributed by atoms with Gasteiger partial charge in [-0.05, 0) is 32.0 Å². The summed E-state index contributed by atoms with van der Waals surface area (Å²) in [7, 11) is 0. The number of benzene rings is 1. The third-order valence-corrected chi connectivity index (χ3v) is 2.76. The molecule has 0 aliphatic rings. The van der Waals surface area contributed by atoms with Crippen LogP contribution < -0.4 is 5.73 Å². The highest BCUT2D eigenvalue weighted by Crippen LogP contribution is 2.23. The number of phenolic OH excluding ortho intramolecular Hbond substituents is 1. The van der Waals surface area contributed by atoms with Gasteiger partial charge in [-0.1, -0.05) is 23.8 Å². The molecule has 1 aromatic carbocycles. The fourth-order valence-electron chi connectivity index (χ4n) is 1.50. The van der Waals surface area contributed by atoms with E-state index in [0.29, 0.717) is 5.02 Å². The average molecular weight is 287 g/mol. The molecule has 6 heteroatoms. The molecule has 0 atom stereocenters. The number of halogens is 1. The van der Waals surface area contributed by atoms with Crippen molar-refractivity contribution >= 4 is 34.7 Å². The molecule has 0 fully saturated rings. The third kappa shape index (κ3) is 3.58. The van der Waals surface area contributed by atoms with Crippen LogP contribution in [0.5, 0.6) is 5.75 Å². The van der Waals surface area contributed by atoms with Gasteiger partial charge < -0.3 is 15.7 Å². The Bertz CT molecular complexity index is 477. The maximum atomic E-state index is 12.3. The summed E-state index contributed by atoms with van der Waals surface area (Å²) in [6.45, 7) is 3.88. The maximum absolute atomic E-state index is 12.3. The molecule has 98 valence electrons. The molecule has 0 unspecified atom stereocenters. The second-order valence-corrected chi connectivity index (χ2v) is 5.12. The van der Waals surface area contributed by atoms with E-state index in [0.717, 1.165) is 0 Å². The van der Waals surface area contributed by atoms with E-state index >= 15 is 0 Å². The van der Waals surface area contributed by atoms with Crippen molar-refractivity contribution in [3.8, 4) is 5.75 Å². The number of phenols is 1. The molecule has 1 aromatic rings. The molecule has 0 spiro atoms. The summed E-state index contributed by atoms with van der Waals surface area (Å²) in [6.07, 6.45) is 0. The van der Waals surface area contributed by atoms with E-state index in [2.05, 4.69) is 0 Å². The molecule has 3 N–H and O–H groups in total. The summed E-state index contributed by atoms with van der Waals surface area (Å²) in [6, 6.07) is 4.28. The van der Waals surface area contributed by atoms with Gasteiger partial charge in [-0.3, -0.25) is 4.79 Å². The van der Waals surface area contributed by atoms with Crippen molar-refractivity contribution in [3.05, 3.63) is 28.8 Å². The predicted molar refractivity (Wildman–Crippen MR) is 76.1 cm³/mol. The van der Waals surface area contributed by atoms with E-state index < -0.39 is 0 Å². The van der Waals surface area contributed by atoms with Crippen molar-refractivity contribution in [2.45, 2.75) is 19.9 Å². The van der Waals surface area contributed by atoms with Crippen LogP contribution in [0.15, 0.2) is 18.2 Å². The topological polar surface area (TPSA) is 66.6 Å². The van der Waals surface area contributed by atoms with Crippen molar-refractivity contribution in [1.29, 1.82) is 0 Å². The standard InChI is InChI=1S/C12H15ClN2O2S/c1-7(2)15(6-11(14)18)12(17)9-4-3-8(13)5-10(9)16/h3-5,7,16H,6H2,1-2H3,(H2,14,18). The number of thiocarbonyl (C=S) groups is 1. The minimum atomic E-state index is -0.327. The SMILES string of the molecule is CC(C)N(CC(N)=S)C(=O)c1ccc(Cl)cc1O. The van der Waals surface area contributed by atoms with Crippen LogP contribution >= 0.6 is 23.8 Å². The Balaban J connectivity index is 3.05. The first-order valence-electron chi connectivity index (χ1n) is 5.40. The molecule has 0 aliphatic carbocycles. The first-order valence-corrected chi connectivity index (χ1v) is 6.19. The Hall–Kier alpha value is -1.33. The first kappa shape index (κ1) is 14.7. The van der Waals surface area contributed by atoms with Gasteiger partial charge in [-0.2, -0.15) is 0 Å². The van der Waals surface area contributed by atoms with Crippen LogP contribution in [0.1, 0.15) is 24.2 Å². The van der Waals surface area contributed by atoms with Crippen LogP contribution in [0.3, 0.4) is 0 Å². The van der Waals surface area contributed by atoms with Gasteiger partial charge in [0.25, 0.3) is 5.91 Å². The molecule has 18 heavy (non-hydrogen) atoms. The fraction of sp³-hybridized carbons (Fsp3) is 0.333. The summed E-state index contributed by atoms with van der Waals surface area (Å²) in [5, 5.41) is 10.1.